The van der Waals surface area contributed by atoms with Crippen LogP contribution in [-0.4, -0.2) is 10.9 Å². The van der Waals surface area contributed by atoms with E-state index in [4.69, 9.17) is 4.42 Å². The molecule has 0 saturated heterocycles. The van der Waals surface area contributed by atoms with Crippen LogP contribution in [0.3, 0.4) is 0 Å². The number of nitrogens with zero attached hydrogens (tertiary/aromatic N) is 1. The van der Waals surface area contributed by atoms with Crippen molar-refractivity contribution in [2.75, 3.05) is 0 Å². The van der Waals surface area contributed by atoms with Crippen LogP contribution in [0.4, 0.5) is 0 Å². The van der Waals surface area contributed by atoms with Crippen LogP contribution in [-0.2, 0) is 4.79 Å². The van der Waals surface area contributed by atoms with Gasteiger partial charge in [-0.15, -0.1) is 11.3 Å². The Hall–Kier alpha value is -1.88. The molecule has 2 aromatic heterocycles. The zero-order valence-electron chi connectivity index (χ0n) is 12.1. The average molecular weight is 290 g/mol. The number of furan rings is 1. The van der Waals surface area contributed by atoms with Crippen molar-refractivity contribution in [2.24, 2.45) is 0 Å². The largest absolute Gasteiger partial charge is 0.466 e. The van der Waals surface area contributed by atoms with Gasteiger partial charge in [0.1, 0.15) is 11.5 Å². The number of carbonyl (C=O) groups is 1. The second-order valence-corrected chi connectivity index (χ2v) is 5.79. The minimum atomic E-state index is -0.138. The molecule has 106 valence electrons. The fourth-order valence-corrected chi connectivity index (χ4v) is 2.62. The van der Waals surface area contributed by atoms with E-state index in [1.54, 1.807) is 17.4 Å². The number of nitrogens with one attached hydrogen (secondary N) is 1. The predicted molar refractivity (Wildman–Crippen MR) is 80.6 cm³/mol. The molecular formula is C15H18N2O2S. The lowest BCUT2D eigenvalue weighted by molar-refractivity contribution is -0.117. The highest BCUT2D eigenvalue weighted by atomic mass is 32.1. The number of amides is 1. The Morgan fingerprint density at radius 3 is 2.75 bits per heavy atom. The lowest BCUT2D eigenvalue weighted by Gasteiger charge is -2.11. The van der Waals surface area contributed by atoms with Gasteiger partial charge in [-0.25, -0.2) is 4.98 Å². The standard InChI is InChI=1S/C15H18N2O2S/c1-9-7-14(11(3)19-9)10(2)16-15(18)6-5-13-8-20-12(4)17-13/h5-8,10H,1-4H3,(H,16,18)/b6-5-/t10-/m0/s1. The summed E-state index contributed by atoms with van der Waals surface area (Å²) in [7, 11) is 0. The monoisotopic (exact) mass is 290 g/mol. The Morgan fingerprint density at radius 2 is 2.20 bits per heavy atom. The van der Waals surface area contributed by atoms with Gasteiger partial charge in [-0.3, -0.25) is 4.79 Å². The molecule has 0 radical (unpaired) electrons. The highest BCUT2D eigenvalue weighted by molar-refractivity contribution is 7.09. The molecule has 0 bridgehead atoms. The second kappa shape index (κ2) is 6.05. The van der Waals surface area contributed by atoms with E-state index in [-0.39, 0.29) is 11.9 Å². The third kappa shape index (κ3) is 3.57. The fourth-order valence-electron chi connectivity index (χ4n) is 2.04. The number of carbonyl (C=O) groups excluding carboxylic acids is 1. The minimum absolute atomic E-state index is 0.0817. The zero-order chi connectivity index (χ0) is 14.7. The summed E-state index contributed by atoms with van der Waals surface area (Å²) >= 11 is 1.57. The van der Waals surface area contributed by atoms with Gasteiger partial charge in [-0.05, 0) is 39.8 Å². The van der Waals surface area contributed by atoms with E-state index in [2.05, 4.69) is 10.3 Å². The SMILES string of the molecule is Cc1cc([C@H](C)NC(=O)/C=C\c2csc(C)n2)c(C)o1. The second-order valence-electron chi connectivity index (χ2n) is 4.72. The predicted octanol–water partition coefficient (Wildman–Crippen LogP) is 3.55. The third-order valence-electron chi connectivity index (χ3n) is 2.95. The first-order valence-electron chi connectivity index (χ1n) is 6.43. The topological polar surface area (TPSA) is 55.1 Å². The maximum absolute atomic E-state index is 11.9. The summed E-state index contributed by atoms with van der Waals surface area (Å²) in [5, 5.41) is 5.83. The van der Waals surface area contributed by atoms with Crippen LogP contribution in [0.25, 0.3) is 6.08 Å². The number of rotatable bonds is 4. The molecule has 2 aromatic rings. The molecule has 0 spiro atoms. The first-order chi connectivity index (χ1) is 9.45. The number of hydrogen-bond donors (Lipinski definition) is 1. The summed E-state index contributed by atoms with van der Waals surface area (Å²) in [5.41, 5.74) is 1.82. The maximum atomic E-state index is 11.9. The quantitative estimate of drug-likeness (QED) is 0.876. The Morgan fingerprint density at radius 1 is 1.45 bits per heavy atom. The molecule has 1 N–H and O–H groups in total. The zero-order valence-corrected chi connectivity index (χ0v) is 12.9. The van der Waals surface area contributed by atoms with Crippen molar-refractivity contribution in [3.63, 3.8) is 0 Å². The summed E-state index contributed by atoms with van der Waals surface area (Å²) in [5.74, 6) is 1.56. The van der Waals surface area contributed by atoms with Crippen LogP contribution in [0, 0.1) is 20.8 Å². The molecular weight excluding hydrogens is 272 g/mol. The highest BCUT2D eigenvalue weighted by Crippen LogP contribution is 2.21. The third-order valence-corrected chi connectivity index (χ3v) is 3.74. The summed E-state index contributed by atoms with van der Waals surface area (Å²) in [4.78, 5) is 16.1. The lowest BCUT2D eigenvalue weighted by atomic mass is 10.1. The van der Waals surface area contributed by atoms with Crippen molar-refractivity contribution in [2.45, 2.75) is 33.7 Å². The lowest BCUT2D eigenvalue weighted by Crippen LogP contribution is -2.24. The van der Waals surface area contributed by atoms with Gasteiger partial charge in [0.15, 0.2) is 0 Å². The van der Waals surface area contributed by atoms with Crippen molar-refractivity contribution in [3.8, 4) is 0 Å². The van der Waals surface area contributed by atoms with Crippen LogP contribution < -0.4 is 5.32 Å². The molecule has 0 fully saturated rings. The number of aryl methyl sites for hydroxylation is 3. The van der Waals surface area contributed by atoms with E-state index >= 15 is 0 Å². The number of hydrogen-bond acceptors (Lipinski definition) is 4. The molecule has 4 nitrogen and oxygen atoms in total. The van der Waals surface area contributed by atoms with Crippen LogP contribution >= 0.6 is 11.3 Å². The molecule has 0 aliphatic heterocycles. The van der Waals surface area contributed by atoms with Crippen molar-refractivity contribution >= 4 is 23.3 Å². The fraction of sp³-hybridized carbons (Fsp3) is 0.333. The maximum Gasteiger partial charge on any atom is 0.244 e. The molecule has 0 saturated carbocycles. The molecule has 0 aliphatic carbocycles. The number of aromatic nitrogens is 1. The van der Waals surface area contributed by atoms with Gasteiger partial charge in [0.25, 0.3) is 0 Å². The Bertz CT molecular complexity index is 640. The van der Waals surface area contributed by atoms with Crippen molar-refractivity contribution in [1.29, 1.82) is 0 Å². The molecule has 1 atom stereocenters. The summed E-state index contributed by atoms with van der Waals surface area (Å²) in [6.45, 7) is 7.68. The first kappa shape index (κ1) is 14.5. The smallest absolute Gasteiger partial charge is 0.244 e. The Kier molecular flexibility index (Phi) is 4.39. The van der Waals surface area contributed by atoms with Gasteiger partial charge in [0, 0.05) is 17.0 Å². The van der Waals surface area contributed by atoms with E-state index in [9.17, 15) is 4.79 Å². The van der Waals surface area contributed by atoms with Crippen molar-refractivity contribution < 1.29 is 9.21 Å². The first-order valence-corrected chi connectivity index (χ1v) is 7.31. The molecule has 2 rings (SSSR count). The molecule has 1 amide bonds. The van der Waals surface area contributed by atoms with Gasteiger partial charge >= 0.3 is 0 Å². The normalized spacial score (nSPS) is 12.8. The van der Waals surface area contributed by atoms with Crippen LogP contribution in [0.15, 0.2) is 21.9 Å². The highest BCUT2D eigenvalue weighted by Gasteiger charge is 2.13. The molecule has 5 heteroatoms. The molecule has 20 heavy (non-hydrogen) atoms. The van der Waals surface area contributed by atoms with Crippen LogP contribution in [0.5, 0.6) is 0 Å². The molecule has 2 heterocycles. The van der Waals surface area contributed by atoms with E-state index in [0.29, 0.717) is 0 Å². The van der Waals surface area contributed by atoms with Gasteiger partial charge in [-0.1, -0.05) is 0 Å². The van der Waals surface area contributed by atoms with Gasteiger partial charge in [-0.2, -0.15) is 0 Å². The van der Waals surface area contributed by atoms with Crippen molar-refractivity contribution in [3.05, 3.63) is 45.3 Å². The summed E-state index contributed by atoms with van der Waals surface area (Å²) in [6, 6.07) is 1.87. The van der Waals surface area contributed by atoms with Crippen molar-refractivity contribution in [1.82, 2.24) is 10.3 Å². The molecule has 0 aromatic carbocycles. The van der Waals surface area contributed by atoms with E-state index in [1.807, 2.05) is 39.1 Å². The van der Waals surface area contributed by atoms with E-state index in [1.165, 1.54) is 6.08 Å². The average Bonchev–Trinajstić information content (AvgIpc) is 2.92. The summed E-state index contributed by atoms with van der Waals surface area (Å²) in [6.07, 6.45) is 3.23. The van der Waals surface area contributed by atoms with E-state index < -0.39 is 0 Å². The minimum Gasteiger partial charge on any atom is -0.466 e. The Labute approximate surface area is 122 Å². The van der Waals surface area contributed by atoms with Gasteiger partial charge in [0.05, 0.1) is 16.7 Å². The van der Waals surface area contributed by atoms with Gasteiger partial charge in [0.2, 0.25) is 5.91 Å². The number of thiazole rings is 1. The summed E-state index contributed by atoms with van der Waals surface area (Å²) < 4.78 is 5.47. The van der Waals surface area contributed by atoms with Gasteiger partial charge < -0.3 is 9.73 Å². The Balaban J connectivity index is 1.97. The van der Waals surface area contributed by atoms with Crippen LogP contribution in [0.1, 0.15) is 40.8 Å². The van der Waals surface area contributed by atoms with Crippen LogP contribution in [0.2, 0.25) is 0 Å². The molecule has 0 unspecified atom stereocenters. The molecule has 0 aliphatic rings. The van der Waals surface area contributed by atoms with E-state index in [0.717, 1.165) is 27.8 Å².